The molecule has 0 fully saturated rings. The highest BCUT2D eigenvalue weighted by Crippen LogP contribution is 2.43. The fourth-order valence-corrected chi connectivity index (χ4v) is 2.65. The molecular formula is C14H11F3N2OS. The lowest BCUT2D eigenvalue weighted by Crippen LogP contribution is -2.47. The lowest BCUT2D eigenvalue weighted by atomic mass is 9.98. The van der Waals surface area contributed by atoms with Crippen molar-refractivity contribution in [1.29, 1.82) is 5.26 Å². The first-order chi connectivity index (χ1) is 9.93. The van der Waals surface area contributed by atoms with Crippen LogP contribution in [0.4, 0.5) is 18.9 Å². The lowest BCUT2D eigenvalue weighted by Gasteiger charge is -2.30. The molecule has 110 valence electrons. The Hall–Kier alpha value is -2.20. The normalized spacial score (nSPS) is 14.0. The highest BCUT2D eigenvalue weighted by Gasteiger charge is 2.58. The monoisotopic (exact) mass is 312 g/mol. The van der Waals surface area contributed by atoms with Crippen LogP contribution in [0.2, 0.25) is 0 Å². The maximum Gasteiger partial charge on any atom is 0.430 e. The molecule has 0 saturated carbocycles. The molecular weight excluding hydrogens is 301 g/mol. The number of ether oxygens (including phenoxy) is 1. The zero-order valence-electron chi connectivity index (χ0n) is 10.9. The number of alkyl halides is 3. The van der Waals surface area contributed by atoms with Crippen LogP contribution in [0.25, 0.3) is 0 Å². The van der Waals surface area contributed by atoms with E-state index in [1.54, 1.807) is 0 Å². The van der Waals surface area contributed by atoms with Gasteiger partial charge in [0.15, 0.2) is 0 Å². The molecule has 0 radical (unpaired) electrons. The number of anilines is 1. The summed E-state index contributed by atoms with van der Waals surface area (Å²) in [4.78, 5) is -0.103. The van der Waals surface area contributed by atoms with Gasteiger partial charge < -0.3 is 10.1 Å². The van der Waals surface area contributed by atoms with Crippen LogP contribution in [-0.2, 0) is 5.54 Å². The first kappa shape index (κ1) is 15.2. The molecule has 1 atom stereocenters. The van der Waals surface area contributed by atoms with Gasteiger partial charge in [-0.05, 0) is 35.7 Å². The Morgan fingerprint density at radius 3 is 2.29 bits per heavy atom. The van der Waals surface area contributed by atoms with E-state index in [9.17, 15) is 18.4 Å². The van der Waals surface area contributed by atoms with Crippen LogP contribution in [-0.4, -0.2) is 13.3 Å². The predicted octanol–water partition coefficient (Wildman–Crippen LogP) is 4.15. The average molecular weight is 312 g/mol. The molecule has 0 spiro atoms. The molecule has 2 rings (SSSR count). The average Bonchev–Trinajstić information content (AvgIpc) is 2.98. The van der Waals surface area contributed by atoms with Crippen LogP contribution >= 0.6 is 11.3 Å². The maximum absolute atomic E-state index is 13.5. The summed E-state index contributed by atoms with van der Waals surface area (Å²) in [5.74, 6) is 0.520. The van der Waals surface area contributed by atoms with Gasteiger partial charge in [-0.15, -0.1) is 11.3 Å². The molecule has 1 aromatic carbocycles. The molecule has 21 heavy (non-hydrogen) atoms. The summed E-state index contributed by atoms with van der Waals surface area (Å²) in [5, 5.41) is 13.0. The Balaban J connectivity index is 2.43. The third kappa shape index (κ3) is 2.81. The van der Waals surface area contributed by atoms with E-state index in [4.69, 9.17) is 4.74 Å². The van der Waals surface area contributed by atoms with Gasteiger partial charge in [-0.3, -0.25) is 0 Å². The van der Waals surface area contributed by atoms with Gasteiger partial charge in [0.05, 0.1) is 12.0 Å². The van der Waals surface area contributed by atoms with Crippen LogP contribution in [0.1, 0.15) is 4.88 Å². The number of thiophene rings is 1. The number of benzene rings is 1. The molecule has 1 aromatic heterocycles. The van der Waals surface area contributed by atoms with Crippen LogP contribution in [0.3, 0.4) is 0 Å². The molecule has 0 amide bonds. The number of nitrogens with one attached hydrogen (secondary N) is 1. The minimum Gasteiger partial charge on any atom is -0.497 e. The molecule has 1 unspecified atom stereocenters. The van der Waals surface area contributed by atoms with Gasteiger partial charge in [-0.2, -0.15) is 18.4 Å². The molecule has 1 heterocycles. The first-order valence-electron chi connectivity index (χ1n) is 5.87. The van der Waals surface area contributed by atoms with Crippen molar-refractivity contribution in [2.45, 2.75) is 11.7 Å². The molecule has 3 nitrogen and oxygen atoms in total. The summed E-state index contributed by atoms with van der Waals surface area (Å²) < 4.78 is 45.4. The molecule has 0 aliphatic carbocycles. The summed E-state index contributed by atoms with van der Waals surface area (Å²) in [6.45, 7) is 0. The molecule has 0 saturated heterocycles. The van der Waals surface area contributed by atoms with E-state index in [1.165, 1.54) is 55.0 Å². The minimum atomic E-state index is -4.76. The summed E-state index contributed by atoms with van der Waals surface area (Å²) in [7, 11) is 1.46. The highest BCUT2D eigenvalue weighted by atomic mass is 32.1. The standard InChI is InChI=1S/C14H11F3N2OS/c1-20-11-6-4-10(5-7-11)19-13(9-18,14(15,16)17)12-3-2-8-21-12/h2-8,19H,1H3. The molecule has 2 aromatic rings. The van der Waals surface area contributed by atoms with E-state index >= 15 is 0 Å². The van der Waals surface area contributed by atoms with Crippen molar-refractivity contribution in [1.82, 2.24) is 0 Å². The van der Waals surface area contributed by atoms with Crippen molar-refractivity contribution in [2.24, 2.45) is 0 Å². The van der Waals surface area contributed by atoms with Gasteiger partial charge in [-0.25, -0.2) is 0 Å². The van der Waals surface area contributed by atoms with Crippen LogP contribution in [0, 0.1) is 11.3 Å². The lowest BCUT2D eigenvalue weighted by molar-refractivity contribution is -0.164. The SMILES string of the molecule is COc1ccc(NC(C#N)(c2cccs2)C(F)(F)F)cc1. The van der Waals surface area contributed by atoms with E-state index in [0.717, 1.165) is 11.3 Å². The first-order valence-corrected chi connectivity index (χ1v) is 6.75. The van der Waals surface area contributed by atoms with Gasteiger partial charge in [0.1, 0.15) is 11.8 Å². The number of nitriles is 1. The van der Waals surface area contributed by atoms with E-state index in [1.807, 2.05) is 0 Å². The van der Waals surface area contributed by atoms with Crippen molar-refractivity contribution in [3.63, 3.8) is 0 Å². The quantitative estimate of drug-likeness (QED) is 0.922. The van der Waals surface area contributed by atoms with Crippen LogP contribution in [0.5, 0.6) is 5.75 Å². The fourth-order valence-electron chi connectivity index (χ4n) is 1.80. The van der Waals surface area contributed by atoms with Gasteiger partial charge in [0.25, 0.3) is 5.54 Å². The van der Waals surface area contributed by atoms with Crippen molar-refractivity contribution in [3.05, 3.63) is 46.7 Å². The smallest absolute Gasteiger partial charge is 0.430 e. The largest absolute Gasteiger partial charge is 0.497 e. The summed E-state index contributed by atoms with van der Waals surface area (Å²) >= 11 is 0.879. The molecule has 0 bridgehead atoms. The van der Waals surface area contributed by atoms with E-state index < -0.39 is 11.7 Å². The Kier molecular flexibility index (Phi) is 4.09. The van der Waals surface area contributed by atoms with Crippen LogP contribution < -0.4 is 10.1 Å². The Labute approximate surface area is 123 Å². The zero-order valence-corrected chi connectivity index (χ0v) is 11.8. The Morgan fingerprint density at radius 1 is 1.19 bits per heavy atom. The number of nitrogens with zero attached hydrogens (tertiary/aromatic N) is 1. The molecule has 1 N–H and O–H groups in total. The topological polar surface area (TPSA) is 45.0 Å². The molecule has 0 aliphatic heterocycles. The van der Waals surface area contributed by atoms with Gasteiger partial charge in [0.2, 0.25) is 0 Å². The number of rotatable bonds is 4. The summed E-state index contributed by atoms with van der Waals surface area (Å²) in [6.07, 6.45) is -4.76. The molecule has 0 aliphatic rings. The Morgan fingerprint density at radius 2 is 1.86 bits per heavy atom. The van der Waals surface area contributed by atoms with Crippen molar-refractivity contribution in [2.75, 3.05) is 12.4 Å². The Bertz CT molecular complexity index is 632. The summed E-state index contributed by atoms with van der Waals surface area (Å²) in [6, 6.07) is 10.1. The van der Waals surface area contributed by atoms with Crippen molar-refractivity contribution < 1.29 is 17.9 Å². The fraction of sp³-hybridized carbons (Fsp3) is 0.214. The second-order valence-electron chi connectivity index (χ2n) is 4.19. The van der Waals surface area contributed by atoms with E-state index in [0.29, 0.717) is 5.75 Å². The minimum absolute atomic E-state index is 0.103. The second kappa shape index (κ2) is 5.66. The second-order valence-corrected chi connectivity index (χ2v) is 5.14. The molecule has 7 heteroatoms. The number of hydrogen-bond donors (Lipinski definition) is 1. The predicted molar refractivity (Wildman–Crippen MR) is 74.3 cm³/mol. The number of hydrogen-bond acceptors (Lipinski definition) is 4. The van der Waals surface area contributed by atoms with E-state index in [2.05, 4.69) is 5.32 Å². The zero-order chi connectivity index (χ0) is 15.5. The van der Waals surface area contributed by atoms with E-state index in [-0.39, 0.29) is 10.6 Å². The van der Waals surface area contributed by atoms with Crippen molar-refractivity contribution in [3.8, 4) is 11.8 Å². The highest BCUT2D eigenvalue weighted by molar-refractivity contribution is 7.10. The third-order valence-corrected chi connectivity index (χ3v) is 3.89. The van der Waals surface area contributed by atoms with Gasteiger partial charge >= 0.3 is 6.18 Å². The summed E-state index contributed by atoms with van der Waals surface area (Å²) in [5.41, 5.74) is -2.58. The third-order valence-electron chi connectivity index (χ3n) is 2.91. The van der Waals surface area contributed by atoms with Crippen molar-refractivity contribution >= 4 is 17.0 Å². The van der Waals surface area contributed by atoms with Gasteiger partial charge in [0, 0.05) is 5.69 Å². The number of halogens is 3. The number of methoxy groups -OCH3 is 1. The van der Waals surface area contributed by atoms with Gasteiger partial charge in [-0.1, -0.05) is 6.07 Å². The maximum atomic E-state index is 13.5. The van der Waals surface area contributed by atoms with Crippen LogP contribution in [0.15, 0.2) is 41.8 Å².